The molecule has 1 fully saturated rings. The number of pyridine rings is 1. The number of carbonyl (C=O) groups is 1. The van der Waals surface area contributed by atoms with Gasteiger partial charge in [0.15, 0.2) is 5.69 Å². The number of benzene rings is 1. The molecule has 3 aromatic rings. The summed E-state index contributed by atoms with van der Waals surface area (Å²) in [6.45, 7) is 3.56. The maximum absolute atomic E-state index is 12.6. The highest BCUT2D eigenvalue weighted by Crippen LogP contribution is 2.24. The molecule has 7 nitrogen and oxygen atoms in total. The molecule has 0 unspecified atom stereocenters. The minimum Gasteiger partial charge on any atom is -0.378 e. The topological polar surface area (TPSA) is 79.4 Å². The van der Waals surface area contributed by atoms with Gasteiger partial charge in [-0.15, -0.1) is 11.3 Å². The monoisotopic (exact) mass is 395 g/mol. The van der Waals surface area contributed by atoms with E-state index in [1.807, 2.05) is 42.5 Å². The molecule has 1 aromatic carbocycles. The van der Waals surface area contributed by atoms with Crippen LogP contribution < -0.4 is 15.5 Å². The zero-order chi connectivity index (χ0) is 19.2. The Balaban J connectivity index is 1.35. The lowest BCUT2D eigenvalue weighted by Crippen LogP contribution is -2.36. The predicted octanol–water partition coefficient (Wildman–Crippen LogP) is 3.05. The number of thiazole rings is 1. The maximum atomic E-state index is 12.6. The van der Waals surface area contributed by atoms with Crippen LogP contribution in [0.15, 0.2) is 54.2 Å². The van der Waals surface area contributed by atoms with Gasteiger partial charge in [-0.1, -0.05) is 24.3 Å². The van der Waals surface area contributed by atoms with Crippen molar-refractivity contribution in [3.63, 3.8) is 0 Å². The maximum Gasteiger partial charge on any atom is 0.273 e. The van der Waals surface area contributed by atoms with E-state index in [9.17, 15) is 4.79 Å². The first-order valence-corrected chi connectivity index (χ1v) is 9.99. The van der Waals surface area contributed by atoms with E-state index in [4.69, 9.17) is 4.74 Å². The van der Waals surface area contributed by atoms with E-state index in [2.05, 4.69) is 25.5 Å². The van der Waals surface area contributed by atoms with Gasteiger partial charge in [-0.3, -0.25) is 4.79 Å². The Hall–Kier alpha value is -2.97. The molecule has 1 aliphatic heterocycles. The predicted molar refractivity (Wildman–Crippen MR) is 110 cm³/mol. The fourth-order valence-corrected chi connectivity index (χ4v) is 3.61. The van der Waals surface area contributed by atoms with E-state index in [1.165, 1.54) is 11.3 Å². The quantitative estimate of drug-likeness (QED) is 0.668. The number of carbonyl (C=O) groups excluding carboxylic acids is 1. The summed E-state index contributed by atoms with van der Waals surface area (Å²) in [5, 5.41) is 6.89. The number of hydrogen-bond donors (Lipinski definition) is 2. The minimum absolute atomic E-state index is 0.211. The molecule has 2 N–H and O–H groups in total. The van der Waals surface area contributed by atoms with Crippen molar-refractivity contribution in [2.24, 2.45) is 0 Å². The highest BCUT2D eigenvalue weighted by Gasteiger charge is 2.16. The minimum atomic E-state index is -0.211. The Morgan fingerprint density at radius 3 is 2.68 bits per heavy atom. The third-order valence-corrected chi connectivity index (χ3v) is 5.15. The van der Waals surface area contributed by atoms with Crippen molar-refractivity contribution >= 4 is 33.8 Å². The van der Waals surface area contributed by atoms with Gasteiger partial charge in [0, 0.05) is 31.5 Å². The number of nitrogens with zero attached hydrogens (tertiary/aromatic N) is 3. The van der Waals surface area contributed by atoms with Crippen LogP contribution >= 0.6 is 11.3 Å². The molecular weight excluding hydrogens is 374 g/mol. The van der Waals surface area contributed by atoms with Crippen LogP contribution in [-0.4, -0.2) is 42.2 Å². The van der Waals surface area contributed by atoms with Gasteiger partial charge < -0.3 is 20.3 Å². The van der Waals surface area contributed by atoms with Gasteiger partial charge in [0.2, 0.25) is 0 Å². The fraction of sp³-hybridized carbons (Fsp3) is 0.250. The second-order valence-corrected chi connectivity index (χ2v) is 7.18. The Labute approximate surface area is 167 Å². The second-order valence-electron chi connectivity index (χ2n) is 6.33. The Morgan fingerprint density at radius 2 is 1.93 bits per heavy atom. The standard InChI is InChI=1S/C20H21N5O2S/c26-19(18-20(28-14-23-18)24-16-4-2-1-3-5-16)22-13-15-6-7-17(21-12-15)25-8-10-27-11-9-25/h1-7,12,14,24H,8-11,13H2,(H,22,26). The highest BCUT2D eigenvalue weighted by molar-refractivity contribution is 7.14. The van der Waals surface area contributed by atoms with Crippen LogP contribution in [0.25, 0.3) is 0 Å². The number of aromatic nitrogens is 2. The van der Waals surface area contributed by atoms with Crippen molar-refractivity contribution in [2.45, 2.75) is 6.54 Å². The summed E-state index contributed by atoms with van der Waals surface area (Å²) in [6, 6.07) is 13.7. The molecule has 0 bridgehead atoms. The molecule has 0 saturated carbocycles. The smallest absolute Gasteiger partial charge is 0.273 e. The van der Waals surface area contributed by atoms with Gasteiger partial charge in [-0.05, 0) is 23.8 Å². The Morgan fingerprint density at radius 1 is 1.11 bits per heavy atom. The molecule has 0 aliphatic carbocycles. The van der Waals surface area contributed by atoms with Crippen LogP contribution in [0, 0.1) is 0 Å². The number of para-hydroxylation sites is 1. The van der Waals surface area contributed by atoms with E-state index in [1.54, 1.807) is 11.7 Å². The lowest BCUT2D eigenvalue weighted by atomic mass is 10.2. The number of ether oxygens (including phenoxy) is 1. The van der Waals surface area contributed by atoms with Crippen LogP contribution in [0.5, 0.6) is 0 Å². The van der Waals surface area contributed by atoms with Gasteiger partial charge in [0.05, 0.1) is 18.7 Å². The number of morpholine rings is 1. The molecular formula is C20H21N5O2S. The SMILES string of the molecule is O=C(NCc1ccc(N2CCOCC2)nc1)c1ncsc1Nc1ccccc1. The second kappa shape index (κ2) is 8.81. The molecule has 3 heterocycles. The summed E-state index contributed by atoms with van der Waals surface area (Å²) in [6.07, 6.45) is 1.80. The van der Waals surface area contributed by atoms with Crippen molar-refractivity contribution in [1.82, 2.24) is 15.3 Å². The third-order valence-electron chi connectivity index (χ3n) is 4.41. The summed E-state index contributed by atoms with van der Waals surface area (Å²) in [5.41, 5.74) is 3.92. The lowest BCUT2D eigenvalue weighted by molar-refractivity contribution is 0.0947. The third kappa shape index (κ3) is 4.47. The zero-order valence-corrected chi connectivity index (χ0v) is 16.1. The van der Waals surface area contributed by atoms with Crippen LogP contribution in [0.4, 0.5) is 16.5 Å². The first kappa shape index (κ1) is 18.4. The van der Waals surface area contributed by atoms with Gasteiger partial charge in [-0.2, -0.15) is 0 Å². The molecule has 0 radical (unpaired) electrons. The molecule has 0 atom stereocenters. The molecule has 1 aliphatic rings. The number of nitrogens with one attached hydrogen (secondary N) is 2. The molecule has 4 rings (SSSR count). The van der Waals surface area contributed by atoms with E-state index >= 15 is 0 Å². The van der Waals surface area contributed by atoms with Crippen molar-refractivity contribution < 1.29 is 9.53 Å². The first-order valence-electron chi connectivity index (χ1n) is 9.11. The molecule has 144 valence electrons. The van der Waals surface area contributed by atoms with E-state index < -0.39 is 0 Å². The Bertz CT molecular complexity index is 908. The van der Waals surface area contributed by atoms with E-state index in [-0.39, 0.29) is 5.91 Å². The zero-order valence-electron chi connectivity index (χ0n) is 15.3. The first-order chi connectivity index (χ1) is 13.8. The molecule has 2 aromatic heterocycles. The lowest BCUT2D eigenvalue weighted by Gasteiger charge is -2.27. The fourth-order valence-electron chi connectivity index (χ4n) is 2.92. The summed E-state index contributed by atoms with van der Waals surface area (Å²) in [7, 11) is 0. The van der Waals surface area contributed by atoms with Crippen LogP contribution in [-0.2, 0) is 11.3 Å². The summed E-state index contributed by atoms with van der Waals surface area (Å²) in [4.78, 5) is 23.5. The number of amides is 1. The van der Waals surface area contributed by atoms with Crippen molar-refractivity contribution in [3.8, 4) is 0 Å². The average Bonchev–Trinajstić information content (AvgIpc) is 3.22. The van der Waals surface area contributed by atoms with Crippen LogP contribution in [0.1, 0.15) is 16.1 Å². The number of anilines is 3. The molecule has 1 amide bonds. The van der Waals surface area contributed by atoms with Gasteiger partial charge >= 0.3 is 0 Å². The largest absolute Gasteiger partial charge is 0.378 e. The molecule has 28 heavy (non-hydrogen) atoms. The summed E-state index contributed by atoms with van der Waals surface area (Å²) in [5.74, 6) is 0.726. The van der Waals surface area contributed by atoms with E-state index in [0.717, 1.165) is 48.4 Å². The summed E-state index contributed by atoms with van der Waals surface area (Å²) >= 11 is 1.40. The molecule has 1 saturated heterocycles. The van der Waals surface area contributed by atoms with Crippen LogP contribution in [0.2, 0.25) is 0 Å². The van der Waals surface area contributed by atoms with Crippen molar-refractivity contribution in [1.29, 1.82) is 0 Å². The van der Waals surface area contributed by atoms with Crippen molar-refractivity contribution in [3.05, 3.63) is 65.4 Å². The highest BCUT2D eigenvalue weighted by atomic mass is 32.1. The molecule has 8 heteroatoms. The molecule has 0 spiro atoms. The number of rotatable bonds is 6. The van der Waals surface area contributed by atoms with Gasteiger partial charge in [0.1, 0.15) is 10.8 Å². The number of hydrogen-bond acceptors (Lipinski definition) is 7. The van der Waals surface area contributed by atoms with Crippen LogP contribution in [0.3, 0.4) is 0 Å². The Kier molecular flexibility index (Phi) is 5.79. The normalized spacial score (nSPS) is 13.9. The average molecular weight is 395 g/mol. The van der Waals surface area contributed by atoms with E-state index in [0.29, 0.717) is 12.2 Å². The van der Waals surface area contributed by atoms with Crippen molar-refractivity contribution in [2.75, 3.05) is 36.5 Å². The van der Waals surface area contributed by atoms with Gasteiger partial charge in [-0.25, -0.2) is 9.97 Å². The summed E-state index contributed by atoms with van der Waals surface area (Å²) < 4.78 is 5.37. The van der Waals surface area contributed by atoms with Gasteiger partial charge in [0.25, 0.3) is 5.91 Å².